The molecule has 0 aliphatic carbocycles. The van der Waals surface area contributed by atoms with Gasteiger partial charge in [-0.2, -0.15) is 18.3 Å². The van der Waals surface area contributed by atoms with E-state index in [4.69, 9.17) is 16.3 Å². The molecule has 8 nitrogen and oxygen atoms in total. The number of fused-ring (bicyclic) bond motifs is 3. The first kappa shape index (κ1) is 26.4. The number of amides is 2. The van der Waals surface area contributed by atoms with Gasteiger partial charge >= 0.3 is 6.18 Å². The number of aliphatic hydroxyl groups is 1. The second kappa shape index (κ2) is 10.4. The number of nitrogens with zero attached hydrogens (tertiary/aromatic N) is 3. The first-order valence-electron chi connectivity index (χ1n) is 11.0. The third kappa shape index (κ3) is 5.70. The molecule has 2 amide bonds. The van der Waals surface area contributed by atoms with Crippen molar-refractivity contribution in [1.82, 2.24) is 15.1 Å². The Bertz CT molecular complexity index is 1340. The van der Waals surface area contributed by atoms with Crippen LogP contribution in [0.4, 0.5) is 23.4 Å². The number of hydrogen-bond donors (Lipinski definition) is 2. The van der Waals surface area contributed by atoms with Gasteiger partial charge in [0.2, 0.25) is 11.8 Å². The number of nitrogens with one attached hydrogen (secondary N) is 1. The van der Waals surface area contributed by atoms with Crippen LogP contribution in [0.5, 0.6) is 5.75 Å². The molecule has 1 aliphatic rings. The van der Waals surface area contributed by atoms with Gasteiger partial charge in [-0.1, -0.05) is 29.8 Å². The van der Waals surface area contributed by atoms with Crippen LogP contribution in [0, 0.1) is 5.82 Å². The van der Waals surface area contributed by atoms with E-state index >= 15 is 0 Å². The second-order valence-corrected chi connectivity index (χ2v) is 8.75. The summed E-state index contributed by atoms with van der Waals surface area (Å²) in [5, 5.41) is 16.0. The molecule has 196 valence electrons. The zero-order valence-corrected chi connectivity index (χ0v) is 20.1. The van der Waals surface area contributed by atoms with Gasteiger partial charge in [0, 0.05) is 17.6 Å². The highest BCUT2D eigenvalue weighted by Crippen LogP contribution is 2.42. The molecule has 4 rings (SSSR count). The van der Waals surface area contributed by atoms with E-state index in [9.17, 15) is 32.3 Å². The standard InChI is InChI=1S/C24H21ClF4N4O4/c1-32-22-15-9-14(25)6-7-18(15)37-12-16(22)23(31-32)33(11-20(35)30-10-19(34)24(27,28)29)21(36)8-13-4-2-3-5-17(13)26/h2-7,9,19,34H,8,10-12H2,1H3,(H,30,35). The van der Waals surface area contributed by atoms with Crippen molar-refractivity contribution in [3.63, 3.8) is 0 Å². The van der Waals surface area contributed by atoms with E-state index in [-0.39, 0.29) is 18.0 Å². The molecule has 2 heterocycles. The molecule has 1 aromatic heterocycles. The topological polar surface area (TPSA) is 96.7 Å². The Kier molecular flexibility index (Phi) is 7.42. The number of ether oxygens (including phenoxy) is 1. The van der Waals surface area contributed by atoms with Crippen LogP contribution in [0.15, 0.2) is 42.5 Å². The minimum atomic E-state index is -4.93. The average Bonchev–Trinajstić information content (AvgIpc) is 3.18. The molecule has 3 aromatic rings. The molecule has 13 heteroatoms. The van der Waals surface area contributed by atoms with Gasteiger partial charge in [0.25, 0.3) is 0 Å². The van der Waals surface area contributed by atoms with E-state index in [0.717, 1.165) is 4.90 Å². The summed E-state index contributed by atoms with van der Waals surface area (Å²) in [5.41, 5.74) is 1.65. The van der Waals surface area contributed by atoms with E-state index < -0.39 is 49.4 Å². The highest BCUT2D eigenvalue weighted by molar-refractivity contribution is 6.31. The lowest BCUT2D eigenvalue weighted by molar-refractivity contribution is -0.201. The van der Waals surface area contributed by atoms with E-state index in [1.807, 2.05) is 5.32 Å². The third-order valence-electron chi connectivity index (χ3n) is 5.72. The van der Waals surface area contributed by atoms with Crippen LogP contribution in [-0.2, 0) is 29.7 Å². The number of rotatable bonds is 7. The molecule has 1 atom stereocenters. The van der Waals surface area contributed by atoms with Crippen LogP contribution in [0.3, 0.4) is 0 Å². The largest absolute Gasteiger partial charge is 0.488 e. The molecule has 0 saturated carbocycles. The van der Waals surface area contributed by atoms with Crippen molar-refractivity contribution < 1.29 is 37.0 Å². The first-order valence-corrected chi connectivity index (χ1v) is 11.4. The molecule has 0 spiro atoms. The van der Waals surface area contributed by atoms with E-state index in [1.165, 1.54) is 22.9 Å². The number of halogens is 5. The molecule has 2 aromatic carbocycles. The van der Waals surface area contributed by atoms with Crippen molar-refractivity contribution in [3.05, 3.63) is 64.4 Å². The Labute approximate surface area is 213 Å². The molecule has 1 unspecified atom stereocenters. The van der Waals surface area contributed by atoms with Gasteiger partial charge in [0.1, 0.15) is 24.7 Å². The van der Waals surface area contributed by atoms with Gasteiger partial charge in [-0.15, -0.1) is 0 Å². The summed E-state index contributed by atoms with van der Waals surface area (Å²) < 4.78 is 59.4. The molecule has 0 bridgehead atoms. The van der Waals surface area contributed by atoms with Gasteiger partial charge in [-0.25, -0.2) is 4.39 Å². The van der Waals surface area contributed by atoms with E-state index in [1.54, 1.807) is 31.3 Å². The molecule has 0 saturated heterocycles. The molecule has 0 fully saturated rings. The highest BCUT2D eigenvalue weighted by Gasteiger charge is 2.38. The van der Waals surface area contributed by atoms with Gasteiger partial charge in [0.05, 0.1) is 24.2 Å². The maximum absolute atomic E-state index is 14.2. The van der Waals surface area contributed by atoms with Crippen LogP contribution in [-0.4, -0.2) is 52.1 Å². The number of anilines is 1. The van der Waals surface area contributed by atoms with Crippen LogP contribution in [0.25, 0.3) is 11.3 Å². The Morgan fingerprint density at radius 1 is 1.27 bits per heavy atom. The summed E-state index contributed by atoms with van der Waals surface area (Å²) in [7, 11) is 1.61. The quantitative estimate of drug-likeness (QED) is 0.448. The molecular weight excluding hydrogens is 520 g/mol. The van der Waals surface area contributed by atoms with Crippen molar-refractivity contribution in [2.75, 3.05) is 18.0 Å². The predicted octanol–water partition coefficient (Wildman–Crippen LogP) is 3.39. The summed E-state index contributed by atoms with van der Waals surface area (Å²) in [6.45, 7) is -1.86. The predicted molar refractivity (Wildman–Crippen MR) is 126 cm³/mol. The Morgan fingerprint density at radius 2 is 2.00 bits per heavy atom. The highest BCUT2D eigenvalue weighted by atomic mass is 35.5. The summed E-state index contributed by atoms with van der Waals surface area (Å²) in [5.74, 6) is -1.80. The molecule has 0 radical (unpaired) electrons. The smallest absolute Gasteiger partial charge is 0.416 e. The Morgan fingerprint density at radius 3 is 2.70 bits per heavy atom. The SMILES string of the molecule is Cn1nc(N(CC(=O)NCC(O)C(F)(F)F)C(=O)Cc2ccccc2F)c2c1-c1cc(Cl)ccc1OC2. The fraction of sp³-hybridized carbons (Fsp3) is 0.292. The van der Waals surface area contributed by atoms with Crippen molar-refractivity contribution in [2.24, 2.45) is 7.05 Å². The zero-order chi connectivity index (χ0) is 26.9. The summed E-state index contributed by atoms with van der Waals surface area (Å²) in [6.07, 6.45) is -8.16. The Hall–Kier alpha value is -3.64. The van der Waals surface area contributed by atoms with Gasteiger partial charge in [0.15, 0.2) is 11.9 Å². The number of carbonyl (C=O) groups excluding carboxylic acids is 2. The molecule has 2 N–H and O–H groups in total. The normalized spacial score (nSPS) is 13.3. The number of carbonyl (C=O) groups is 2. The number of aromatic nitrogens is 2. The summed E-state index contributed by atoms with van der Waals surface area (Å²) in [6, 6.07) is 10.5. The second-order valence-electron chi connectivity index (χ2n) is 8.31. The number of alkyl halides is 3. The van der Waals surface area contributed by atoms with Crippen molar-refractivity contribution >= 4 is 29.2 Å². The fourth-order valence-electron chi connectivity index (χ4n) is 3.91. The van der Waals surface area contributed by atoms with Crippen LogP contribution < -0.4 is 15.0 Å². The lowest BCUT2D eigenvalue weighted by Crippen LogP contribution is -2.46. The summed E-state index contributed by atoms with van der Waals surface area (Å²) >= 11 is 6.14. The molecular formula is C24H21ClF4N4O4. The number of hydrogen-bond acceptors (Lipinski definition) is 5. The van der Waals surface area contributed by atoms with Crippen LogP contribution in [0.1, 0.15) is 11.1 Å². The van der Waals surface area contributed by atoms with Crippen molar-refractivity contribution in [3.8, 4) is 17.0 Å². The minimum Gasteiger partial charge on any atom is -0.488 e. The van der Waals surface area contributed by atoms with Gasteiger partial charge in [-0.3, -0.25) is 19.2 Å². The molecule has 1 aliphatic heterocycles. The van der Waals surface area contributed by atoms with Crippen molar-refractivity contribution in [1.29, 1.82) is 0 Å². The Balaban J connectivity index is 1.68. The van der Waals surface area contributed by atoms with E-state index in [0.29, 0.717) is 27.6 Å². The maximum atomic E-state index is 14.2. The average molecular weight is 541 g/mol. The van der Waals surface area contributed by atoms with E-state index in [2.05, 4.69) is 5.10 Å². The molecule has 37 heavy (non-hydrogen) atoms. The number of aliphatic hydroxyl groups excluding tert-OH is 1. The lowest BCUT2D eigenvalue weighted by Gasteiger charge is -2.24. The first-order chi connectivity index (χ1) is 17.5. The fourth-order valence-corrected chi connectivity index (χ4v) is 4.08. The lowest BCUT2D eigenvalue weighted by atomic mass is 10.0. The van der Waals surface area contributed by atoms with Crippen LogP contribution >= 0.6 is 11.6 Å². The third-order valence-corrected chi connectivity index (χ3v) is 5.96. The minimum absolute atomic E-state index is 0.0228. The maximum Gasteiger partial charge on any atom is 0.416 e. The van der Waals surface area contributed by atoms with Crippen LogP contribution in [0.2, 0.25) is 5.02 Å². The van der Waals surface area contributed by atoms with Gasteiger partial charge in [-0.05, 0) is 29.8 Å². The van der Waals surface area contributed by atoms with Crippen molar-refractivity contribution in [2.45, 2.75) is 25.3 Å². The zero-order valence-electron chi connectivity index (χ0n) is 19.4. The number of aryl methyl sites for hydroxylation is 1. The monoisotopic (exact) mass is 540 g/mol. The number of benzene rings is 2. The summed E-state index contributed by atoms with van der Waals surface area (Å²) in [4.78, 5) is 26.8. The van der Waals surface area contributed by atoms with Gasteiger partial charge < -0.3 is 15.2 Å².